The summed E-state index contributed by atoms with van der Waals surface area (Å²) in [5, 5.41) is 0. The molecular weight excluding hydrogens is 258 g/mol. The summed E-state index contributed by atoms with van der Waals surface area (Å²) in [6.07, 6.45) is 3.94. The van der Waals surface area contributed by atoms with Gasteiger partial charge in [-0.1, -0.05) is 0 Å². The Bertz CT molecular complexity index is 486. The molecule has 0 aromatic heterocycles. The van der Waals surface area contributed by atoms with E-state index in [0.29, 0.717) is 6.10 Å². The third-order valence-corrected chi connectivity index (χ3v) is 5.61. The zero-order chi connectivity index (χ0) is 15.7. The molecule has 0 heterocycles. The van der Waals surface area contributed by atoms with E-state index in [1.807, 2.05) is 0 Å². The van der Waals surface area contributed by atoms with Crippen molar-refractivity contribution < 1.29 is 4.74 Å². The molecule has 1 aromatic carbocycles. The highest BCUT2D eigenvalue weighted by Crippen LogP contribution is 2.38. The molecule has 1 atom stereocenters. The van der Waals surface area contributed by atoms with E-state index in [0.717, 1.165) is 18.9 Å². The summed E-state index contributed by atoms with van der Waals surface area (Å²) in [5.74, 6) is 0.734. The number of hydrogen-bond donors (Lipinski definition) is 1. The van der Waals surface area contributed by atoms with Crippen LogP contribution in [0.4, 0.5) is 0 Å². The van der Waals surface area contributed by atoms with E-state index < -0.39 is 0 Å². The van der Waals surface area contributed by atoms with Gasteiger partial charge in [-0.15, -0.1) is 0 Å². The van der Waals surface area contributed by atoms with Crippen molar-refractivity contribution >= 4 is 0 Å². The molecule has 1 aliphatic carbocycles. The fourth-order valence-corrected chi connectivity index (χ4v) is 3.80. The summed E-state index contributed by atoms with van der Waals surface area (Å²) in [6.45, 7) is 14.0. The number of ether oxygens (including phenoxy) is 1. The second-order valence-electron chi connectivity index (χ2n) is 6.80. The Morgan fingerprint density at radius 2 is 1.43 bits per heavy atom. The summed E-state index contributed by atoms with van der Waals surface area (Å²) in [5.41, 5.74) is 15.0. The maximum atomic E-state index is 6.57. The first kappa shape index (κ1) is 16.5. The standard InChI is InChI=1S/C19H31NO/c1-7-21-17-8-16(9-17)10-18(20)19-14(5)12(3)11(2)13(4)15(19)6/h16-18H,7-10,20H2,1-6H3. The predicted octanol–water partition coefficient (Wildman–Crippen LogP) is 4.43. The smallest absolute Gasteiger partial charge is 0.0580 e. The van der Waals surface area contributed by atoms with E-state index in [-0.39, 0.29) is 6.04 Å². The van der Waals surface area contributed by atoms with Gasteiger partial charge in [0.05, 0.1) is 6.10 Å². The molecule has 1 aromatic rings. The van der Waals surface area contributed by atoms with Gasteiger partial charge in [-0.25, -0.2) is 0 Å². The summed E-state index contributed by atoms with van der Waals surface area (Å²) in [4.78, 5) is 0. The van der Waals surface area contributed by atoms with E-state index in [4.69, 9.17) is 10.5 Å². The fraction of sp³-hybridized carbons (Fsp3) is 0.684. The van der Waals surface area contributed by atoms with Crippen molar-refractivity contribution in [3.8, 4) is 0 Å². The molecule has 118 valence electrons. The maximum absolute atomic E-state index is 6.57. The Morgan fingerprint density at radius 1 is 0.952 bits per heavy atom. The Kier molecular flexibility index (Phi) is 5.11. The van der Waals surface area contributed by atoms with Gasteiger partial charge in [0.1, 0.15) is 0 Å². The van der Waals surface area contributed by atoms with E-state index >= 15 is 0 Å². The first-order valence-corrected chi connectivity index (χ1v) is 8.30. The monoisotopic (exact) mass is 289 g/mol. The lowest BCUT2D eigenvalue weighted by Gasteiger charge is -2.37. The SMILES string of the molecule is CCOC1CC(CC(N)c2c(C)c(C)c(C)c(C)c2C)C1. The second-order valence-corrected chi connectivity index (χ2v) is 6.80. The number of rotatable bonds is 5. The summed E-state index contributed by atoms with van der Waals surface area (Å²) >= 11 is 0. The van der Waals surface area contributed by atoms with Crippen LogP contribution in [0.3, 0.4) is 0 Å². The number of nitrogens with two attached hydrogens (primary N) is 1. The molecule has 2 nitrogen and oxygen atoms in total. The van der Waals surface area contributed by atoms with Crippen molar-refractivity contribution in [2.75, 3.05) is 6.61 Å². The van der Waals surface area contributed by atoms with Crippen LogP contribution in [0.15, 0.2) is 0 Å². The van der Waals surface area contributed by atoms with Crippen LogP contribution in [0.25, 0.3) is 0 Å². The molecule has 2 rings (SSSR count). The van der Waals surface area contributed by atoms with Crippen molar-refractivity contribution in [2.24, 2.45) is 11.7 Å². The van der Waals surface area contributed by atoms with Gasteiger partial charge in [-0.05, 0) is 100 Å². The van der Waals surface area contributed by atoms with Crippen LogP contribution >= 0.6 is 0 Å². The van der Waals surface area contributed by atoms with E-state index in [2.05, 4.69) is 41.5 Å². The highest BCUT2D eigenvalue weighted by molar-refractivity contribution is 5.50. The largest absolute Gasteiger partial charge is 0.378 e. The topological polar surface area (TPSA) is 35.2 Å². The molecule has 1 aliphatic rings. The van der Waals surface area contributed by atoms with Crippen molar-refractivity contribution in [3.05, 3.63) is 33.4 Å². The van der Waals surface area contributed by atoms with Gasteiger partial charge in [0.2, 0.25) is 0 Å². The van der Waals surface area contributed by atoms with E-state index in [1.54, 1.807) is 0 Å². The number of benzene rings is 1. The van der Waals surface area contributed by atoms with Gasteiger partial charge in [0.25, 0.3) is 0 Å². The Morgan fingerprint density at radius 3 is 1.90 bits per heavy atom. The normalized spacial score (nSPS) is 23.0. The molecule has 0 spiro atoms. The third-order valence-electron chi connectivity index (χ3n) is 5.61. The minimum atomic E-state index is 0.163. The molecule has 21 heavy (non-hydrogen) atoms. The first-order valence-electron chi connectivity index (χ1n) is 8.30. The maximum Gasteiger partial charge on any atom is 0.0580 e. The van der Waals surface area contributed by atoms with Crippen molar-refractivity contribution in [1.82, 2.24) is 0 Å². The molecule has 0 saturated heterocycles. The summed E-state index contributed by atoms with van der Waals surface area (Å²) in [7, 11) is 0. The molecule has 0 amide bonds. The highest BCUT2D eigenvalue weighted by Gasteiger charge is 2.31. The summed E-state index contributed by atoms with van der Waals surface area (Å²) in [6, 6.07) is 0.163. The highest BCUT2D eigenvalue weighted by atomic mass is 16.5. The van der Waals surface area contributed by atoms with Crippen LogP contribution in [0, 0.1) is 40.5 Å². The lowest BCUT2D eigenvalue weighted by Crippen LogP contribution is -2.33. The Hall–Kier alpha value is -0.860. The van der Waals surface area contributed by atoms with Crippen molar-refractivity contribution in [3.63, 3.8) is 0 Å². The predicted molar refractivity (Wildman–Crippen MR) is 89.8 cm³/mol. The van der Waals surface area contributed by atoms with Crippen LogP contribution in [-0.2, 0) is 4.74 Å². The molecule has 1 fully saturated rings. The minimum absolute atomic E-state index is 0.163. The summed E-state index contributed by atoms with van der Waals surface area (Å²) < 4.78 is 5.66. The van der Waals surface area contributed by atoms with Crippen LogP contribution in [0.2, 0.25) is 0 Å². The van der Waals surface area contributed by atoms with Gasteiger partial charge in [0.15, 0.2) is 0 Å². The molecule has 1 unspecified atom stereocenters. The van der Waals surface area contributed by atoms with Crippen LogP contribution in [0.1, 0.15) is 65.6 Å². The van der Waals surface area contributed by atoms with Gasteiger partial charge in [-0.2, -0.15) is 0 Å². The van der Waals surface area contributed by atoms with Crippen molar-refractivity contribution in [1.29, 1.82) is 0 Å². The molecule has 0 radical (unpaired) electrons. The van der Waals surface area contributed by atoms with Crippen LogP contribution in [0.5, 0.6) is 0 Å². The van der Waals surface area contributed by atoms with Crippen molar-refractivity contribution in [2.45, 2.75) is 73.0 Å². The quantitative estimate of drug-likeness (QED) is 0.870. The van der Waals surface area contributed by atoms with Gasteiger partial charge >= 0.3 is 0 Å². The van der Waals surface area contributed by atoms with Gasteiger partial charge < -0.3 is 10.5 Å². The average molecular weight is 289 g/mol. The third kappa shape index (κ3) is 3.17. The Labute approximate surface area is 130 Å². The molecular formula is C19H31NO. The molecule has 1 saturated carbocycles. The first-order chi connectivity index (χ1) is 9.86. The Balaban J connectivity index is 2.12. The average Bonchev–Trinajstić information content (AvgIpc) is 2.41. The molecule has 2 heteroatoms. The lowest BCUT2D eigenvalue weighted by atomic mass is 9.75. The zero-order valence-corrected chi connectivity index (χ0v) is 14.5. The van der Waals surface area contributed by atoms with Crippen LogP contribution in [-0.4, -0.2) is 12.7 Å². The van der Waals surface area contributed by atoms with Gasteiger partial charge in [-0.3, -0.25) is 0 Å². The van der Waals surface area contributed by atoms with E-state index in [1.165, 1.54) is 46.2 Å². The zero-order valence-electron chi connectivity index (χ0n) is 14.5. The minimum Gasteiger partial charge on any atom is -0.378 e. The second kappa shape index (κ2) is 6.50. The fourth-order valence-electron chi connectivity index (χ4n) is 3.80. The van der Waals surface area contributed by atoms with Crippen LogP contribution < -0.4 is 5.73 Å². The number of hydrogen-bond acceptors (Lipinski definition) is 2. The molecule has 0 bridgehead atoms. The molecule has 2 N–H and O–H groups in total. The molecule has 0 aliphatic heterocycles. The lowest BCUT2D eigenvalue weighted by molar-refractivity contribution is -0.0282. The van der Waals surface area contributed by atoms with Gasteiger partial charge in [0, 0.05) is 12.6 Å². The van der Waals surface area contributed by atoms with E-state index in [9.17, 15) is 0 Å².